The highest BCUT2D eigenvalue weighted by atomic mass is 19.2. The lowest BCUT2D eigenvalue weighted by atomic mass is 9.98. The average molecular weight is 468 g/mol. The molecule has 4 aromatic rings. The van der Waals surface area contributed by atoms with E-state index >= 15 is 0 Å². The van der Waals surface area contributed by atoms with Crippen molar-refractivity contribution in [3.63, 3.8) is 0 Å². The fourth-order valence-electron chi connectivity index (χ4n) is 3.49. The first kappa shape index (κ1) is 23.2. The Morgan fingerprint density at radius 3 is 1.56 bits per heavy atom. The Balaban J connectivity index is 1.51. The smallest absolute Gasteiger partial charge is 0.204 e. The Bertz CT molecular complexity index is 1300. The van der Waals surface area contributed by atoms with Gasteiger partial charge in [0, 0.05) is 11.1 Å². The van der Waals surface area contributed by atoms with Crippen molar-refractivity contribution in [2.45, 2.75) is 6.61 Å². The Morgan fingerprint density at radius 1 is 0.529 bits per heavy atom. The first-order valence-corrected chi connectivity index (χ1v) is 10.3. The first-order valence-electron chi connectivity index (χ1n) is 10.3. The summed E-state index contributed by atoms with van der Waals surface area (Å²) >= 11 is 0. The van der Waals surface area contributed by atoms with Gasteiger partial charge < -0.3 is 14.2 Å². The molecule has 174 valence electrons. The van der Waals surface area contributed by atoms with Crippen LogP contribution in [0.5, 0.6) is 17.2 Å². The second-order valence-electron chi connectivity index (χ2n) is 7.40. The topological polar surface area (TPSA) is 27.7 Å². The van der Waals surface area contributed by atoms with Crippen molar-refractivity contribution >= 4 is 0 Å². The van der Waals surface area contributed by atoms with E-state index in [1.807, 2.05) is 0 Å². The standard InChI is InChI=1S/C27H20F4O3/c1-32-19-9-7-18(8-10-19)21-12-11-20(24(28)25(21)29)17-5-3-16(4-6-17)15-34-23-14-13-22(33-2)26(30)27(23)31/h3-14H,15H2,1-2H3. The second-order valence-corrected chi connectivity index (χ2v) is 7.40. The molecule has 0 amide bonds. The molecule has 0 unspecified atom stereocenters. The summed E-state index contributed by atoms with van der Waals surface area (Å²) in [6.07, 6.45) is 0. The van der Waals surface area contributed by atoms with E-state index in [0.717, 1.165) is 0 Å². The highest BCUT2D eigenvalue weighted by Crippen LogP contribution is 2.33. The molecule has 0 N–H and O–H groups in total. The number of hydrogen-bond donors (Lipinski definition) is 0. The quantitative estimate of drug-likeness (QED) is 0.269. The van der Waals surface area contributed by atoms with Crippen LogP contribution in [0.15, 0.2) is 72.8 Å². The highest BCUT2D eigenvalue weighted by molar-refractivity contribution is 5.72. The van der Waals surface area contributed by atoms with Crippen LogP contribution < -0.4 is 14.2 Å². The van der Waals surface area contributed by atoms with Crippen molar-refractivity contribution in [2.75, 3.05) is 14.2 Å². The monoisotopic (exact) mass is 468 g/mol. The minimum atomic E-state index is -1.15. The van der Waals surface area contributed by atoms with Crippen molar-refractivity contribution in [2.24, 2.45) is 0 Å². The van der Waals surface area contributed by atoms with Crippen molar-refractivity contribution in [1.29, 1.82) is 0 Å². The maximum atomic E-state index is 14.9. The third kappa shape index (κ3) is 4.55. The van der Waals surface area contributed by atoms with Gasteiger partial charge in [0.25, 0.3) is 0 Å². The van der Waals surface area contributed by atoms with Crippen LogP contribution in [-0.4, -0.2) is 14.2 Å². The number of methoxy groups -OCH3 is 2. The Kier molecular flexibility index (Phi) is 6.72. The average Bonchev–Trinajstić information content (AvgIpc) is 2.87. The molecule has 0 bridgehead atoms. The molecule has 0 saturated heterocycles. The van der Waals surface area contributed by atoms with Crippen LogP contribution >= 0.6 is 0 Å². The lowest BCUT2D eigenvalue weighted by Crippen LogP contribution is -2.00. The molecule has 34 heavy (non-hydrogen) atoms. The number of ether oxygens (including phenoxy) is 3. The predicted octanol–water partition coefficient (Wildman–Crippen LogP) is 7.17. The Morgan fingerprint density at radius 2 is 1.03 bits per heavy atom. The number of benzene rings is 4. The van der Waals surface area contributed by atoms with Crippen LogP contribution in [-0.2, 0) is 6.61 Å². The van der Waals surface area contributed by atoms with Crippen molar-refractivity contribution < 1.29 is 31.8 Å². The number of halogens is 4. The zero-order chi connectivity index (χ0) is 24.2. The minimum absolute atomic E-state index is 0.0454. The summed E-state index contributed by atoms with van der Waals surface area (Å²) in [5.41, 5.74) is 1.87. The van der Waals surface area contributed by atoms with Crippen LogP contribution in [0, 0.1) is 23.3 Å². The first-order chi connectivity index (χ1) is 16.4. The number of rotatable bonds is 7. The third-order valence-corrected chi connectivity index (χ3v) is 5.37. The molecule has 4 aromatic carbocycles. The zero-order valence-corrected chi connectivity index (χ0v) is 18.4. The van der Waals surface area contributed by atoms with E-state index in [4.69, 9.17) is 14.2 Å². The number of hydrogen-bond acceptors (Lipinski definition) is 3. The normalized spacial score (nSPS) is 10.8. The molecule has 0 aromatic heterocycles. The van der Waals surface area contributed by atoms with Crippen LogP contribution in [0.4, 0.5) is 17.6 Å². The molecule has 0 aliphatic rings. The third-order valence-electron chi connectivity index (χ3n) is 5.37. The molecule has 0 aliphatic heterocycles. The minimum Gasteiger partial charge on any atom is -0.497 e. The van der Waals surface area contributed by atoms with Gasteiger partial charge in [-0.2, -0.15) is 8.78 Å². The summed E-state index contributed by atoms with van der Waals surface area (Å²) in [7, 11) is 2.76. The highest BCUT2D eigenvalue weighted by Gasteiger charge is 2.17. The molecule has 0 radical (unpaired) electrons. The fourth-order valence-corrected chi connectivity index (χ4v) is 3.49. The van der Waals surface area contributed by atoms with Gasteiger partial charge in [-0.15, -0.1) is 0 Å². The summed E-state index contributed by atoms with van der Waals surface area (Å²) in [5, 5.41) is 0. The maximum absolute atomic E-state index is 14.9. The van der Waals surface area contributed by atoms with E-state index in [-0.39, 0.29) is 29.2 Å². The van der Waals surface area contributed by atoms with Gasteiger partial charge in [-0.25, -0.2) is 8.78 Å². The predicted molar refractivity (Wildman–Crippen MR) is 121 cm³/mol. The summed E-state index contributed by atoms with van der Waals surface area (Å²) in [5.74, 6) is -4.06. The van der Waals surface area contributed by atoms with Gasteiger partial charge >= 0.3 is 0 Å². The van der Waals surface area contributed by atoms with Gasteiger partial charge in [0.2, 0.25) is 11.6 Å². The van der Waals surface area contributed by atoms with Gasteiger partial charge in [0.05, 0.1) is 14.2 Å². The van der Waals surface area contributed by atoms with Gasteiger partial charge in [-0.1, -0.05) is 48.5 Å². The van der Waals surface area contributed by atoms with Crippen LogP contribution in [0.3, 0.4) is 0 Å². The molecule has 7 heteroatoms. The second kappa shape index (κ2) is 9.87. The molecular formula is C27H20F4O3. The van der Waals surface area contributed by atoms with Crippen molar-refractivity contribution in [3.8, 4) is 39.5 Å². The lowest BCUT2D eigenvalue weighted by molar-refractivity contribution is 0.280. The summed E-state index contributed by atoms with van der Waals surface area (Å²) in [6, 6.07) is 18.7. The Hall–Kier alpha value is -4.00. The van der Waals surface area contributed by atoms with Crippen molar-refractivity contribution in [1.82, 2.24) is 0 Å². The molecule has 0 atom stereocenters. The maximum Gasteiger partial charge on any atom is 0.204 e. The zero-order valence-electron chi connectivity index (χ0n) is 18.4. The fraction of sp³-hybridized carbons (Fsp3) is 0.111. The molecular weight excluding hydrogens is 448 g/mol. The van der Waals surface area contributed by atoms with Crippen LogP contribution in [0.2, 0.25) is 0 Å². The van der Waals surface area contributed by atoms with Gasteiger partial charge in [0.15, 0.2) is 23.1 Å². The van der Waals surface area contributed by atoms with Gasteiger partial charge in [-0.05, 0) is 41.0 Å². The Labute approximate surface area is 194 Å². The lowest BCUT2D eigenvalue weighted by Gasteiger charge is -2.11. The summed E-state index contributed by atoms with van der Waals surface area (Å²) in [6.45, 7) is -0.0454. The van der Waals surface area contributed by atoms with E-state index in [0.29, 0.717) is 22.4 Å². The molecule has 0 aliphatic carbocycles. The summed E-state index contributed by atoms with van der Waals surface area (Å²) < 4.78 is 72.8. The largest absolute Gasteiger partial charge is 0.497 e. The molecule has 4 rings (SSSR count). The molecule has 0 heterocycles. The van der Waals surface area contributed by atoms with E-state index in [9.17, 15) is 17.6 Å². The van der Waals surface area contributed by atoms with E-state index in [1.165, 1.54) is 38.5 Å². The van der Waals surface area contributed by atoms with Crippen molar-refractivity contribution in [3.05, 3.63) is 102 Å². The SMILES string of the molecule is COc1ccc(-c2ccc(-c3ccc(COc4ccc(OC)c(F)c4F)cc3)c(F)c2F)cc1. The summed E-state index contributed by atoms with van der Waals surface area (Å²) in [4.78, 5) is 0. The van der Waals surface area contributed by atoms with Gasteiger partial charge in [-0.3, -0.25) is 0 Å². The molecule has 3 nitrogen and oxygen atoms in total. The van der Waals surface area contributed by atoms with Crippen LogP contribution in [0.1, 0.15) is 5.56 Å². The molecule has 0 saturated carbocycles. The molecule has 0 spiro atoms. The van der Waals surface area contributed by atoms with E-state index < -0.39 is 23.3 Å². The van der Waals surface area contributed by atoms with E-state index in [1.54, 1.807) is 48.5 Å². The van der Waals surface area contributed by atoms with Crippen LogP contribution in [0.25, 0.3) is 22.3 Å². The van der Waals surface area contributed by atoms with E-state index in [2.05, 4.69) is 0 Å². The van der Waals surface area contributed by atoms with Gasteiger partial charge in [0.1, 0.15) is 12.4 Å². The molecule has 0 fully saturated rings.